The van der Waals surface area contributed by atoms with Crippen molar-refractivity contribution in [3.05, 3.63) is 41.5 Å². The Morgan fingerprint density at radius 1 is 1.12 bits per heavy atom. The van der Waals surface area contributed by atoms with Gasteiger partial charge in [-0.15, -0.1) is 11.3 Å². The highest BCUT2D eigenvalue weighted by atomic mass is 32.1. The molecule has 4 heteroatoms. The van der Waals surface area contributed by atoms with Gasteiger partial charge < -0.3 is 4.90 Å². The van der Waals surface area contributed by atoms with Crippen LogP contribution in [0.5, 0.6) is 0 Å². The van der Waals surface area contributed by atoms with E-state index in [9.17, 15) is 0 Å². The monoisotopic (exact) mass is 337 g/mol. The van der Waals surface area contributed by atoms with E-state index in [4.69, 9.17) is 0 Å². The second-order valence-corrected chi connectivity index (χ2v) is 7.60. The van der Waals surface area contributed by atoms with Gasteiger partial charge in [-0.05, 0) is 36.3 Å². The van der Waals surface area contributed by atoms with E-state index in [1.807, 2.05) is 0 Å². The fraction of sp³-hybridized carbons (Fsp3) is 0.400. The van der Waals surface area contributed by atoms with E-state index in [0.717, 1.165) is 36.1 Å². The number of aromatic nitrogens is 2. The number of benzene rings is 1. The summed E-state index contributed by atoms with van der Waals surface area (Å²) in [5.41, 5.74) is 3.91. The molecule has 0 amide bonds. The average molecular weight is 337 g/mol. The Balaban J connectivity index is 1.79. The van der Waals surface area contributed by atoms with Crippen LogP contribution in [-0.4, -0.2) is 23.1 Å². The van der Waals surface area contributed by atoms with Crippen molar-refractivity contribution in [1.82, 2.24) is 9.97 Å². The number of hydrogen-bond acceptors (Lipinski definition) is 4. The van der Waals surface area contributed by atoms with Crippen molar-refractivity contribution >= 4 is 27.4 Å². The summed E-state index contributed by atoms with van der Waals surface area (Å²) in [5.74, 6) is 1.94. The molecule has 0 spiro atoms. The van der Waals surface area contributed by atoms with Crippen LogP contribution < -0.4 is 4.90 Å². The van der Waals surface area contributed by atoms with Gasteiger partial charge in [-0.1, -0.05) is 38.1 Å². The highest BCUT2D eigenvalue weighted by molar-refractivity contribution is 7.17. The van der Waals surface area contributed by atoms with E-state index in [0.29, 0.717) is 0 Å². The molecule has 1 saturated heterocycles. The van der Waals surface area contributed by atoms with Crippen molar-refractivity contribution in [2.45, 2.75) is 33.1 Å². The molecule has 124 valence electrons. The molecular weight excluding hydrogens is 314 g/mol. The third-order valence-corrected chi connectivity index (χ3v) is 5.99. The number of fused-ring (bicyclic) bond motifs is 1. The Morgan fingerprint density at radius 2 is 1.88 bits per heavy atom. The van der Waals surface area contributed by atoms with Gasteiger partial charge in [0.25, 0.3) is 0 Å². The molecule has 3 nitrogen and oxygen atoms in total. The van der Waals surface area contributed by atoms with Crippen LogP contribution in [0.4, 0.5) is 5.82 Å². The summed E-state index contributed by atoms with van der Waals surface area (Å²) in [6, 6.07) is 8.92. The van der Waals surface area contributed by atoms with Gasteiger partial charge in [-0.25, -0.2) is 9.97 Å². The molecule has 2 aromatic heterocycles. The van der Waals surface area contributed by atoms with Crippen LogP contribution >= 0.6 is 11.3 Å². The maximum atomic E-state index is 4.67. The zero-order valence-electron chi connectivity index (χ0n) is 14.3. The Kier molecular flexibility index (Phi) is 4.23. The van der Waals surface area contributed by atoms with Gasteiger partial charge in [0.1, 0.15) is 17.0 Å². The minimum Gasteiger partial charge on any atom is -0.356 e. The summed E-state index contributed by atoms with van der Waals surface area (Å²) < 4.78 is 0. The van der Waals surface area contributed by atoms with Crippen LogP contribution in [-0.2, 0) is 6.42 Å². The first-order chi connectivity index (χ1) is 11.8. The van der Waals surface area contributed by atoms with E-state index in [-0.39, 0.29) is 0 Å². The number of rotatable bonds is 3. The molecule has 1 aliphatic heterocycles. The number of hydrogen-bond donors (Lipinski definition) is 0. The van der Waals surface area contributed by atoms with Gasteiger partial charge in [0, 0.05) is 24.0 Å². The van der Waals surface area contributed by atoms with Crippen molar-refractivity contribution in [2.75, 3.05) is 18.0 Å². The van der Waals surface area contributed by atoms with E-state index in [1.54, 1.807) is 17.7 Å². The largest absolute Gasteiger partial charge is 0.356 e. The van der Waals surface area contributed by atoms with Gasteiger partial charge in [-0.2, -0.15) is 0 Å². The Hall–Kier alpha value is -1.94. The van der Waals surface area contributed by atoms with Gasteiger partial charge in [0.2, 0.25) is 0 Å². The number of piperidine rings is 1. The summed E-state index contributed by atoms with van der Waals surface area (Å²) in [6.07, 6.45) is 5.29. The van der Waals surface area contributed by atoms with Gasteiger partial charge >= 0.3 is 0 Å². The van der Waals surface area contributed by atoms with Crippen LogP contribution in [0.3, 0.4) is 0 Å². The zero-order chi connectivity index (χ0) is 16.5. The zero-order valence-corrected chi connectivity index (χ0v) is 15.1. The molecule has 1 fully saturated rings. The van der Waals surface area contributed by atoms with E-state index in [1.165, 1.54) is 34.9 Å². The SMILES string of the molecule is CCc1ccc(-c2csc3ncnc(N4CCC(C)CC4)c23)cc1. The maximum Gasteiger partial charge on any atom is 0.141 e. The van der Waals surface area contributed by atoms with Crippen molar-refractivity contribution in [3.8, 4) is 11.1 Å². The average Bonchev–Trinajstić information content (AvgIpc) is 3.07. The third-order valence-electron chi connectivity index (χ3n) is 5.11. The van der Waals surface area contributed by atoms with E-state index in [2.05, 4.69) is 58.4 Å². The van der Waals surface area contributed by atoms with Crippen molar-refractivity contribution < 1.29 is 0 Å². The topological polar surface area (TPSA) is 29.0 Å². The van der Waals surface area contributed by atoms with Crippen LogP contribution in [0, 0.1) is 5.92 Å². The summed E-state index contributed by atoms with van der Waals surface area (Å²) >= 11 is 1.72. The number of thiophene rings is 1. The lowest BCUT2D eigenvalue weighted by atomic mass is 9.98. The summed E-state index contributed by atoms with van der Waals surface area (Å²) in [7, 11) is 0. The molecule has 0 N–H and O–H groups in total. The Morgan fingerprint density at radius 3 is 2.58 bits per heavy atom. The molecule has 3 aromatic rings. The van der Waals surface area contributed by atoms with Crippen LogP contribution in [0.15, 0.2) is 36.0 Å². The second-order valence-electron chi connectivity index (χ2n) is 6.75. The molecule has 0 bridgehead atoms. The quantitative estimate of drug-likeness (QED) is 0.661. The standard InChI is InChI=1S/C20H23N3S/c1-3-15-4-6-16(7-5-15)17-12-24-20-18(17)19(21-13-22-20)23-10-8-14(2)9-11-23/h4-7,12-14H,3,8-11H2,1-2H3. The van der Waals surface area contributed by atoms with E-state index >= 15 is 0 Å². The molecule has 24 heavy (non-hydrogen) atoms. The lowest BCUT2D eigenvalue weighted by molar-refractivity contribution is 0.437. The molecule has 1 aliphatic rings. The normalized spacial score (nSPS) is 16.0. The summed E-state index contributed by atoms with van der Waals surface area (Å²) in [4.78, 5) is 12.7. The first kappa shape index (κ1) is 15.6. The van der Waals surface area contributed by atoms with Crippen molar-refractivity contribution in [2.24, 2.45) is 5.92 Å². The van der Waals surface area contributed by atoms with Crippen molar-refractivity contribution in [3.63, 3.8) is 0 Å². The van der Waals surface area contributed by atoms with Gasteiger partial charge in [-0.3, -0.25) is 0 Å². The first-order valence-electron chi connectivity index (χ1n) is 8.82. The molecule has 0 atom stereocenters. The van der Waals surface area contributed by atoms with Crippen LogP contribution in [0.1, 0.15) is 32.3 Å². The summed E-state index contributed by atoms with van der Waals surface area (Å²) in [5, 5.41) is 3.46. The van der Waals surface area contributed by atoms with Crippen LogP contribution in [0.2, 0.25) is 0 Å². The van der Waals surface area contributed by atoms with Crippen LogP contribution in [0.25, 0.3) is 21.3 Å². The molecule has 0 radical (unpaired) electrons. The fourth-order valence-corrected chi connectivity index (χ4v) is 4.36. The molecule has 1 aromatic carbocycles. The molecule has 0 unspecified atom stereocenters. The maximum absolute atomic E-state index is 4.67. The number of anilines is 1. The number of aryl methyl sites for hydroxylation is 1. The molecule has 3 heterocycles. The van der Waals surface area contributed by atoms with Crippen molar-refractivity contribution in [1.29, 1.82) is 0 Å². The fourth-order valence-electron chi connectivity index (χ4n) is 3.45. The molecule has 4 rings (SSSR count). The lowest BCUT2D eigenvalue weighted by Crippen LogP contribution is -2.33. The molecule has 0 saturated carbocycles. The Labute approximate surface area is 147 Å². The minimum absolute atomic E-state index is 0.821. The predicted octanol–water partition coefficient (Wildman–Crippen LogP) is 5.16. The summed E-state index contributed by atoms with van der Waals surface area (Å²) in [6.45, 7) is 6.73. The second kappa shape index (κ2) is 6.52. The molecule has 0 aliphatic carbocycles. The minimum atomic E-state index is 0.821. The van der Waals surface area contributed by atoms with E-state index < -0.39 is 0 Å². The highest BCUT2D eigenvalue weighted by Gasteiger charge is 2.21. The Bertz CT molecular complexity index is 830. The van der Waals surface area contributed by atoms with Gasteiger partial charge in [0.15, 0.2) is 0 Å². The first-order valence-corrected chi connectivity index (χ1v) is 9.70. The smallest absolute Gasteiger partial charge is 0.141 e. The predicted molar refractivity (Wildman–Crippen MR) is 103 cm³/mol. The third kappa shape index (κ3) is 2.80. The highest BCUT2D eigenvalue weighted by Crippen LogP contribution is 2.38. The molecular formula is C20H23N3S. The van der Waals surface area contributed by atoms with Gasteiger partial charge in [0.05, 0.1) is 5.39 Å². The number of nitrogens with zero attached hydrogens (tertiary/aromatic N) is 3. The lowest BCUT2D eigenvalue weighted by Gasteiger charge is -2.31.